The molecule has 0 aromatic heterocycles. The van der Waals surface area contributed by atoms with Gasteiger partial charge in [-0.2, -0.15) is 0 Å². The highest BCUT2D eigenvalue weighted by atomic mass is 32.1. The Morgan fingerprint density at radius 2 is 2.18 bits per heavy atom. The number of hydrogen-bond donors (Lipinski definition) is 0. The first-order chi connectivity index (χ1) is 5.42. The highest BCUT2D eigenvalue weighted by Crippen LogP contribution is 2.31. The third kappa shape index (κ3) is 1.05. The third-order valence-corrected chi connectivity index (χ3v) is 2.85. The molecule has 55 valence electrons. The van der Waals surface area contributed by atoms with Crippen molar-refractivity contribution in [1.82, 2.24) is 0 Å². The largest absolute Gasteiger partial charge is 0.144 e. The quantitative estimate of drug-likeness (QED) is 0.602. The number of hydrogen-bond acceptors (Lipinski definition) is 1. The first kappa shape index (κ1) is 6.86. The molecule has 1 aliphatic carbocycles. The van der Waals surface area contributed by atoms with Gasteiger partial charge in [0.05, 0.1) is 0 Å². The highest BCUT2D eigenvalue weighted by molar-refractivity contribution is 7.13. The van der Waals surface area contributed by atoms with E-state index in [9.17, 15) is 0 Å². The Bertz CT molecular complexity index is 322. The molecule has 0 bridgehead atoms. The topological polar surface area (TPSA) is 0 Å². The molecule has 11 heavy (non-hydrogen) atoms. The van der Waals surface area contributed by atoms with E-state index < -0.39 is 0 Å². The second kappa shape index (κ2) is 2.67. The van der Waals surface area contributed by atoms with E-state index in [1.807, 2.05) is 0 Å². The maximum atomic E-state index is 3.88. The first-order valence-corrected chi connectivity index (χ1v) is 4.54. The van der Waals surface area contributed by atoms with Crippen molar-refractivity contribution in [2.75, 3.05) is 0 Å². The summed E-state index contributed by atoms with van der Waals surface area (Å²) in [5.74, 6) is 0. The van der Waals surface area contributed by atoms with Crippen LogP contribution in [0.15, 0.2) is 29.6 Å². The van der Waals surface area contributed by atoms with Gasteiger partial charge < -0.3 is 0 Å². The van der Waals surface area contributed by atoms with Crippen molar-refractivity contribution in [3.05, 3.63) is 42.1 Å². The molecule has 0 aromatic rings. The minimum atomic E-state index is 0.893. The molecular weight excluding hydrogens is 152 g/mol. The molecule has 0 N–H and O–H groups in total. The van der Waals surface area contributed by atoms with Crippen LogP contribution in [-0.4, -0.2) is 0 Å². The molecule has 0 aromatic carbocycles. The summed E-state index contributed by atoms with van der Waals surface area (Å²) >= 11 is 1.79. The van der Waals surface area contributed by atoms with Gasteiger partial charge >= 0.3 is 0 Å². The lowest BCUT2D eigenvalue weighted by Crippen LogP contribution is -1.76. The molecule has 0 saturated carbocycles. The molecule has 0 fully saturated rings. The molecule has 1 aliphatic heterocycles. The summed E-state index contributed by atoms with van der Waals surface area (Å²) < 4.78 is 0. The zero-order valence-electron chi connectivity index (χ0n) is 6.21. The van der Waals surface area contributed by atoms with Gasteiger partial charge in [-0.25, -0.2) is 0 Å². The van der Waals surface area contributed by atoms with E-state index in [1.54, 1.807) is 11.3 Å². The smallest absolute Gasteiger partial charge is 0.0374 e. The SMILES string of the molecule is [CH2]Cc1ccc2cccsc1-2. The van der Waals surface area contributed by atoms with Gasteiger partial charge in [-0.05, 0) is 29.9 Å². The van der Waals surface area contributed by atoms with Crippen molar-refractivity contribution in [1.29, 1.82) is 0 Å². The van der Waals surface area contributed by atoms with Gasteiger partial charge in [-0.15, -0.1) is 11.3 Å². The number of rotatable bonds is 1. The second-order valence-electron chi connectivity index (χ2n) is 2.51. The Labute approximate surface area is 70.8 Å². The van der Waals surface area contributed by atoms with Crippen LogP contribution in [0.5, 0.6) is 0 Å². The molecule has 1 heterocycles. The van der Waals surface area contributed by atoms with Gasteiger partial charge in [0, 0.05) is 4.88 Å². The lowest BCUT2D eigenvalue weighted by molar-refractivity contribution is 1.31. The summed E-state index contributed by atoms with van der Waals surface area (Å²) in [6, 6.07) is 8.55. The van der Waals surface area contributed by atoms with Crippen LogP contribution >= 0.6 is 11.3 Å². The van der Waals surface area contributed by atoms with Crippen molar-refractivity contribution >= 4 is 11.3 Å². The van der Waals surface area contributed by atoms with Gasteiger partial charge in [0.2, 0.25) is 0 Å². The van der Waals surface area contributed by atoms with Crippen molar-refractivity contribution in [2.24, 2.45) is 0 Å². The Morgan fingerprint density at radius 3 is 3.00 bits per heavy atom. The Hall–Kier alpha value is -0.820. The normalized spacial score (nSPS) is 10.6. The Kier molecular flexibility index (Phi) is 1.66. The average Bonchev–Trinajstić information content (AvgIpc) is 2.47. The van der Waals surface area contributed by atoms with Crippen molar-refractivity contribution in [2.45, 2.75) is 6.42 Å². The zero-order valence-corrected chi connectivity index (χ0v) is 7.03. The van der Waals surface area contributed by atoms with Crippen molar-refractivity contribution in [3.63, 3.8) is 0 Å². The van der Waals surface area contributed by atoms with Crippen LogP contribution < -0.4 is 0 Å². The van der Waals surface area contributed by atoms with Gasteiger partial charge in [-0.1, -0.05) is 24.3 Å². The van der Waals surface area contributed by atoms with Crippen LogP contribution in [0, 0.1) is 6.92 Å². The van der Waals surface area contributed by atoms with Gasteiger partial charge in [-0.3, -0.25) is 0 Å². The van der Waals surface area contributed by atoms with Crippen molar-refractivity contribution in [3.8, 4) is 10.4 Å². The van der Waals surface area contributed by atoms with Crippen LogP contribution in [0.4, 0.5) is 0 Å². The molecule has 1 radical (unpaired) electrons. The molecule has 0 amide bonds. The van der Waals surface area contributed by atoms with E-state index in [0.717, 1.165) is 6.42 Å². The van der Waals surface area contributed by atoms with Crippen LogP contribution in [0.2, 0.25) is 0 Å². The summed E-state index contributed by atoms with van der Waals surface area (Å²) in [4.78, 5) is 1.39. The van der Waals surface area contributed by atoms with E-state index in [0.29, 0.717) is 0 Å². The standard InChI is InChI=1S/C10H9S/c1-2-8-5-6-9-4-3-7-11-10(8)9/h3-7H,1-2H2. The van der Waals surface area contributed by atoms with E-state index in [-0.39, 0.29) is 0 Å². The van der Waals surface area contributed by atoms with E-state index in [4.69, 9.17) is 0 Å². The molecule has 0 nitrogen and oxygen atoms in total. The van der Waals surface area contributed by atoms with Gasteiger partial charge in [0.15, 0.2) is 0 Å². The van der Waals surface area contributed by atoms with Crippen molar-refractivity contribution < 1.29 is 0 Å². The molecule has 2 aliphatic rings. The molecule has 0 atom stereocenters. The van der Waals surface area contributed by atoms with Crippen LogP contribution in [0.1, 0.15) is 5.56 Å². The van der Waals surface area contributed by atoms with Crippen LogP contribution in [-0.2, 0) is 6.42 Å². The zero-order chi connectivity index (χ0) is 7.68. The minimum absolute atomic E-state index is 0.893. The minimum Gasteiger partial charge on any atom is -0.144 e. The Balaban J connectivity index is 2.64. The Morgan fingerprint density at radius 1 is 1.27 bits per heavy atom. The molecular formula is C10H9S. The fourth-order valence-corrected chi connectivity index (χ4v) is 2.14. The fourth-order valence-electron chi connectivity index (χ4n) is 1.25. The molecule has 0 saturated heterocycles. The third-order valence-electron chi connectivity index (χ3n) is 1.83. The summed E-state index contributed by atoms with van der Waals surface area (Å²) in [5, 5.41) is 2.11. The van der Waals surface area contributed by atoms with Crippen LogP contribution in [0.25, 0.3) is 10.4 Å². The maximum Gasteiger partial charge on any atom is 0.0374 e. The van der Waals surface area contributed by atoms with Crippen LogP contribution in [0.3, 0.4) is 0 Å². The predicted octanol–water partition coefficient (Wildman–Crippen LogP) is 3.23. The summed E-state index contributed by atoms with van der Waals surface area (Å²) in [6.45, 7) is 3.88. The monoisotopic (exact) mass is 161 g/mol. The second-order valence-corrected chi connectivity index (χ2v) is 3.42. The summed E-state index contributed by atoms with van der Waals surface area (Å²) in [6.07, 6.45) is 0.893. The van der Waals surface area contributed by atoms with Gasteiger partial charge in [0.25, 0.3) is 0 Å². The summed E-state index contributed by atoms with van der Waals surface area (Å²) in [7, 11) is 0. The van der Waals surface area contributed by atoms with E-state index in [1.165, 1.54) is 16.0 Å². The lowest BCUT2D eigenvalue weighted by Gasteiger charge is -1.97. The molecule has 1 heteroatoms. The fraction of sp³-hybridized carbons (Fsp3) is 0.100. The van der Waals surface area contributed by atoms with E-state index in [2.05, 4.69) is 36.6 Å². The number of fused-ring (bicyclic) bond motifs is 1. The highest BCUT2D eigenvalue weighted by Gasteiger charge is 2.05. The molecule has 2 rings (SSSR count). The van der Waals surface area contributed by atoms with E-state index >= 15 is 0 Å². The molecule has 0 spiro atoms. The molecule has 0 unspecified atom stereocenters. The lowest BCUT2D eigenvalue weighted by atomic mass is 10.2. The summed E-state index contributed by atoms with van der Waals surface area (Å²) in [5.41, 5.74) is 2.71. The average molecular weight is 161 g/mol. The first-order valence-electron chi connectivity index (χ1n) is 3.66. The maximum absolute atomic E-state index is 3.88. The predicted molar refractivity (Wildman–Crippen MR) is 50.0 cm³/mol. The van der Waals surface area contributed by atoms with Gasteiger partial charge in [0.1, 0.15) is 0 Å².